The first kappa shape index (κ1) is 10.7. The second-order valence-electron chi connectivity index (χ2n) is 4.12. The average molecular weight is 217 g/mol. The molecule has 2 heterocycles. The number of rotatable bonds is 2. The predicted octanol–water partition coefficient (Wildman–Crippen LogP) is 1.27. The fourth-order valence-electron chi connectivity index (χ4n) is 1.60. The van der Waals surface area contributed by atoms with E-state index >= 15 is 0 Å². The van der Waals surface area contributed by atoms with E-state index in [0.29, 0.717) is 6.42 Å². The van der Waals surface area contributed by atoms with Crippen LogP contribution in [0.5, 0.6) is 0 Å². The SMILES string of the molecule is Cc1cccn2cc(CC(=O)N(C)C)nc12. The summed E-state index contributed by atoms with van der Waals surface area (Å²) >= 11 is 0. The summed E-state index contributed by atoms with van der Waals surface area (Å²) in [5, 5.41) is 0. The minimum atomic E-state index is 0.0704. The highest BCUT2D eigenvalue weighted by Gasteiger charge is 2.09. The Morgan fingerprint density at radius 2 is 2.25 bits per heavy atom. The molecule has 0 unspecified atom stereocenters. The molecule has 0 atom stereocenters. The standard InChI is InChI=1S/C12H15N3O/c1-9-5-4-6-15-8-10(13-12(9)15)7-11(16)14(2)3/h4-6,8H,7H2,1-3H3. The molecular formula is C12H15N3O. The van der Waals surface area contributed by atoms with Crippen LogP contribution in [0.25, 0.3) is 5.65 Å². The molecule has 84 valence electrons. The number of fused-ring (bicyclic) bond motifs is 1. The molecule has 4 nitrogen and oxygen atoms in total. The summed E-state index contributed by atoms with van der Waals surface area (Å²) in [6, 6.07) is 3.99. The number of aromatic nitrogens is 2. The van der Waals surface area contributed by atoms with Crippen LogP contribution < -0.4 is 0 Å². The van der Waals surface area contributed by atoms with Gasteiger partial charge in [-0.1, -0.05) is 6.07 Å². The van der Waals surface area contributed by atoms with Gasteiger partial charge in [-0.15, -0.1) is 0 Å². The molecule has 0 radical (unpaired) electrons. The van der Waals surface area contributed by atoms with E-state index in [4.69, 9.17) is 0 Å². The highest BCUT2D eigenvalue weighted by Crippen LogP contribution is 2.10. The Balaban J connectivity index is 2.33. The lowest BCUT2D eigenvalue weighted by atomic mass is 10.3. The molecule has 0 aliphatic carbocycles. The molecule has 16 heavy (non-hydrogen) atoms. The molecule has 2 aromatic heterocycles. The molecule has 4 heteroatoms. The van der Waals surface area contributed by atoms with Gasteiger partial charge >= 0.3 is 0 Å². The van der Waals surface area contributed by atoms with Crippen molar-refractivity contribution in [2.75, 3.05) is 14.1 Å². The Bertz CT molecular complexity index is 528. The van der Waals surface area contributed by atoms with Crippen LogP contribution in [0.15, 0.2) is 24.5 Å². The molecule has 0 fully saturated rings. The maximum atomic E-state index is 11.6. The third kappa shape index (κ3) is 1.91. The van der Waals surface area contributed by atoms with E-state index in [9.17, 15) is 4.79 Å². The first-order valence-electron chi connectivity index (χ1n) is 5.21. The van der Waals surface area contributed by atoms with Crippen molar-refractivity contribution < 1.29 is 4.79 Å². The van der Waals surface area contributed by atoms with Gasteiger partial charge in [0.1, 0.15) is 5.65 Å². The first-order chi connectivity index (χ1) is 7.58. The number of imidazole rings is 1. The van der Waals surface area contributed by atoms with Gasteiger partial charge in [-0.3, -0.25) is 4.79 Å². The molecule has 2 aromatic rings. The summed E-state index contributed by atoms with van der Waals surface area (Å²) in [7, 11) is 3.51. The zero-order chi connectivity index (χ0) is 11.7. The number of likely N-dealkylation sites (N-methyl/N-ethyl adjacent to an activating group) is 1. The Morgan fingerprint density at radius 3 is 2.88 bits per heavy atom. The average Bonchev–Trinajstić information content (AvgIpc) is 2.61. The monoisotopic (exact) mass is 217 g/mol. The number of carbonyl (C=O) groups excluding carboxylic acids is 1. The van der Waals surface area contributed by atoms with E-state index in [1.807, 2.05) is 35.9 Å². The van der Waals surface area contributed by atoms with Crippen molar-refractivity contribution in [2.24, 2.45) is 0 Å². The quantitative estimate of drug-likeness (QED) is 0.759. The van der Waals surface area contributed by atoms with Gasteiger partial charge < -0.3 is 9.30 Å². The van der Waals surface area contributed by atoms with E-state index in [2.05, 4.69) is 4.98 Å². The molecule has 2 rings (SSSR count). The van der Waals surface area contributed by atoms with Crippen LogP contribution in [-0.4, -0.2) is 34.3 Å². The van der Waals surface area contributed by atoms with Gasteiger partial charge in [0, 0.05) is 26.5 Å². The number of hydrogen-bond donors (Lipinski definition) is 0. The number of pyridine rings is 1. The number of aryl methyl sites for hydroxylation is 1. The smallest absolute Gasteiger partial charge is 0.228 e. The third-order valence-electron chi connectivity index (χ3n) is 2.56. The molecule has 0 saturated carbocycles. The first-order valence-corrected chi connectivity index (χ1v) is 5.21. The van der Waals surface area contributed by atoms with Gasteiger partial charge in [-0.2, -0.15) is 0 Å². The fraction of sp³-hybridized carbons (Fsp3) is 0.333. The van der Waals surface area contributed by atoms with Crippen LogP contribution in [-0.2, 0) is 11.2 Å². The Kier molecular flexibility index (Phi) is 2.64. The molecule has 0 aliphatic rings. The van der Waals surface area contributed by atoms with Gasteiger partial charge in [0.15, 0.2) is 0 Å². The second kappa shape index (κ2) is 3.96. The zero-order valence-electron chi connectivity index (χ0n) is 9.77. The Labute approximate surface area is 94.5 Å². The topological polar surface area (TPSA) is 37.6 Å². The van der Waals surface area contributed by atoms with E-state index < -0.39 is 0 Å². The Hall–Kier alpha value is -1.84. The second-order valence-corrected chi connectivity index (χ2v) is 4.12. The van der Waals surface area contributed by atoms with Crippen LogP contribution in [0.1, 0.15) is 11.3 Å². The normalized spacial score (nSPS) is 10.7. The summed E-state index contributed by atoms with van der Waals surface area (Å²) in [6.07, 6.45) is 4.21. The van der Waals surface area contributed by atoms with Gasteiger partial charge in [0.25, 0.3) is 0 Å². The molecule has 0 saturated heterocycles. The van der Waals surface area contributed by atoms with E-state index in [1.54, 1.807) is 19.0 Å². The van der Waals surface area contributed by atoms with E-state index in [-0.39, 0.29) is 5.91 Å². The molecule has 0 aromatic carbocycles. The van der Waals surface area contributed by atoms with Gasteiger partial charge in [-0.25, -0.2) is 4.98 Å². The van der Waals surface area contributed by atoms with Crippen LogP contribution in [0.3, 0.4) is 0 Å². The van der Waals surface area contributed by atoms with Gasteiger partial charge in [0.2, 0.25) is 5.91 Å². The van der Waals surface area contributed by atoms with Crippen molar-refractivity contribution >= 4 is 11.6 Å². The van der Waals surface area contributed by atoms with Crippen molar-refractivity contribution in [1.82, 2.24) is 14.3 Å². The summed E-state index contributed by atoms with van der Waals surface area (Å²) in [6.45, 7) is 2.01. The van der Waals surface area contributed by atoms with Crippen molar-refractivity contribution in [3.63, 3.8) is 0 Å². The minimum absolute atomic E-state index is 0.0704. The van der Waals surface area contributed by atoms with E-state index in [1.165, 1.54) is 0 Å². The lowest BCUT2D eigenvalue weighted by Gasteiger charge is -2.07. The van der Waals surface area contributed by atoms with Crippen LogP contribution in [0.4, 0.5) is 0 Å². The molecule has 0 bridgehead atoms. The van der Waals surface area contributed by atoms with Crippen molar-refractivity contribution in [3.05, 3.63) is 35.8 Å². The van der Waals surface area contributed by atoms with E-state index in [0.717, 1.165) is 16.9 Å². The predicted molar refractivity (Wildman–Crippen MR) is 62.3 cm³/mol. The molecular weight excluding hydrogens is 202 g/mol. The number of amides is 1. The highest BCUT2D eigenvalue weighted by atomic mass is 16.2. The molecule has 0 N–H and O–H groups in total. The third-order valence-corrected chi connectivity index (χ3v) is 2.56. The Morgan fingerprint density at radius 1 is 1.50 bits per heavy atom. The number of nitrogens with zero attached hydrogens (tertiary/aromatic N) is 3. The molecule has 0 spiro atoms. The number of hydrogen-bond acceptors (Lipinski definition) is 2. The lowest BCUT2D eigenvalue weighted by Crippen LogP contribution is -2.23. The summed E-state index contributed by atoms with van der Waals surface area (Å²) < 4.78 is 1.95. The van der Waals surface area contributed by atoms with Crippen molar-refractivity contribution in [3.8, 4) is 0 Å². The van der Waals surface area contributed by atoms with Crippen molar-refractivity contribution in [2.45, 2.75) is 13.3 Å². The van der Waals surface area contributed by atoms with Gasteiger partial charge in [-0.05, 0) is 18.6 Å². The summed E-state index contributed by atoms with van der Waals surface area (Å²) in [4.78, 5) is 17.6. The summed E-state index contributed by atoms with van der Waals surface area (Å²) in [5.41, 5.74) is 2.85. The van der Waals surface area contributed by atoms with Crippen LogP contribution in [0, 0.1) is 6.92 Å². The minimum Gasteiger partial charge on any atom is -0.348 e. The maximum Gasteiger partial charge on any atom is 0.228 e. The zero-order valence-corrected chi connectivity index (χ0v) is 9.77. The maximum absolute atomic E-state index is 11.6. The molecule has 0 aliphatic heterocycles. The fourth-order valence-corrected chi connectivity index (χ4v) is 1.60. The molecule has 1 amide bonds. The van der Waals surface area contributed by atoms with Crippen molar-refractivity contribution in [1.29, 1.82) is 0 Å². The highest BCUT2D eigenvalue weighted by molar-refractivity contribution is 5.78. The van der Waals surface area contributed by atoms with Crippen LogP contribution in [0.2, 0.25) is 0 Å². The number of carbonyl (C=O) groups is 1. The lowest BCUT2D eigenvalue weighted by molar-refractivity contribution is -0.128. The van der Waals surface area contributed by atoms with Crippen LogP contribution >= 0.6 is 0 Å². The largest absolute Gasteiger partial charge is 0.348 e. The summed E-state index contributed by atoms with van der Waals surface area (Å²) in [5.74, 6) is 0.0704. The van der Waals surface area contributed by atoms with Gasteiger partial charge in [0.05, 0.1) is 12.1 Å².